The summed E-state index contributed by atoms with van der Waals surface area (Å²) in [6, 6.07) is 3.64. The fourth-order valence-electron chi connectivity index (χ4n) is 1.41. The Bertz CT molecular complexity index is 379. The zero-order chi connectivity index (χ0) is 12.0. The van der Waals surface area contributed by atoms with Crippen molar-refractivity contribution in [2.24, 2.45) is 5.92 Å². The Hall–Kier alpha value is -1.76. The monoisotopic (exact) mass is 218 g/mol. The van der Waals surface area contributed by atoms with Crippen LogP contribution >= 0.6 is 0 Å². The summed E-state index contributed by atoms with van der Waals surface area (Å²) in [5, 5.41) is 11.8. The number of rotatable bonds is 5. The van der Waals surface area contributed by atoms with Gasteiger partial charge in [-0.2, -0.15) is 5.26 Å². The Kier molecular flexibility index (Phi) is 4.59. The second kappa shape index (κ2) is 5.96. The first kappa shape index (κ1) is 12.3. The second-order valence-corrected chi connectivity index (χ2v) is 4.24. The molecule has 0 aliphatic heterocycles. The molecule has 86 valence electrons. The predicted octanol–water partition coefficient (Wildman–Crippen LogP) is 2.38. The fourth-order valence-corrected chi connectivity index (χ4v) is 1.41. The number of nitriles is 1. The first-order chi connectivity index (χ1) is 7.63. The van der Waals surface area contributed by atoms with Gasteiger partial charge >= 0.3 is 0 Å². The third kappa shape index (κ3) is 3.77. The SMILES string of the molecule is CC(C)CCCNc1ncc(C#N)cc1N. The zero-order valence-corrected chi connectivity index (χ0v) is 9.83. The number of nitrogens with one attached hydrogen (secondary N) is 1. The van der Waals surface area contributed by atoms with Gasteiger partial charge in [-0.15, -0.1) is 0 Å². The van der Waals surface area contributed by atoms with Gasteiger partial charge in [0, 0.05) is 12.7 Å². The van der Waals surface area contributed by atoms with Crippen molar-refractivity contribution in [2.75, 3.05) is 17.6 Å². The molecular weight excluding hydrogens is 200 g/mol. The largest absolute Gasteiger partial charge is 0.396 e. The molecule has 1 aromatic heterocycles. The van der Waals surface area contributed by atoms with E-state index in [-0.39, 0.29) is 0 Å². The molecule has 4 heteroatoms. The van der Waals surface area contributed by atoms with Gasteiger partial charge in [0.1, 0.15) is 11.9 Å². The number of pyridine rings is 1. The molecule has 0 atom stereocenters. The summed E-state index contributed by atoms with van der Waals surface area (Å²) in [5.41, 5.74) is 6.78. The maximum Gasteiger partial charge on any atom is 0.149 e. The average Bonchev–Trinajstić information content (AvgIpc) is 2.25. The van der Waals surface area contributed by atoms with Crippen molar-refractivity contribution >= 4 is 11.5 Å². The molecule has 0 aliphatic carbocycles. The van der Waals surface area contributed by atoms with Crippen LogP contribution in [0.4, 0.5) is 11.5 Å². The Morgan fingerprint density at radius 3 is 2.88 bits per heavy atom. The fraction of sp³-hybridized carbons (Fsp3) is 0.500. The normalized spacial score (nSPS) is 10.1. The maximum atomic E-state index is 8.66. The predicted molar refractivity (Wildman–Crippen MR) is 65.9 cm³/mol. The summed E-state index contributed by atoms with van der Waals surface area (Å²) in [6.45, 7) is 5.27. The van der Waals surface area contributed by atoms with Gasteiger partial charge in [-0.1, -0.05) is 13.8 Å². The first-order valence-electron chi connectivity index (χ1n) is 5.53. The van der Waals surface area contributed by atoms with Crippen molar-refractivity contribution in [3.63, 3.8) is 0 Å². The summed E-state index contributed by atoms with van der Waals surface area (Å²) >= 11 is 0. The lowest BCUT2D eigenvalue weighted by Gasteiger charge is -2.09. The summed E-state index contributed by atoms with van der Waals surface area (Å²) in [5.74, 6) is 1.39. The van der Waals surface area contributed by atoms with Crippen LogP contribution in [-0.2, 0) is 0 Å². The molecule has 0 spiro atoms. The van der Waals surface area contributed by atoms with Gasteiger partial charge in [0.05, 0.1) is 11.3 Å². The van der Waals surface area contributed by atoms with Crippen LogP contribution in [0.5, 0.6) is 0 Å². The van der Waals surface area contributed by atoms with E-state index in [4.69, 9.17) is 11.0 Å². The zero-order valence-electron chi connectivity index (χ0n) is 9.83. The van der Waals surface area contributed by atoms with Crippen LogP contribution in [0.25, 0.3) is 0 Å². The van der Waals surface area contributed by atoms with E-state index in [0.29, 0.717) is 23.0 Å². The van der Waals surface area contributed by atoms with Gasteiger partial charge in [-0.25, -0.2) is 4.98 Å². The molecule has 16 heavy (non-hydrogen) atoms. The van der Waals surface area contributed by atoms with Crippen molar-refractivity contribution in [3.05, 3.63) is 17.8 Å². The van der Waals surface area contributed by atoms with Gasteiger partial charge in [-0.05, 0) is 24.8 Å². The van der Waals surface area contributed by atoms with Crippen LogP contribution in [0, 0.1) is 17.2 Å². The van der Waals surface area contributed by atoms with E-state index >= 15 is 0 Å². The number of nitrogens with two attached hydrogens (primary N) is 1. The highest BCUT2D eigenvalue weighted by molar-refractivity contribution is 5.62. The Morgan fingerprint density at radius 2 is 2.31 bits per heavy atom. The molecule has 0 saturated heterocycles. The molecule has 0 aliphatic rings. The molecule has 1 heterocycles. The summed E-state index contributed by atoms with van der Waals surface area (Å²) in [7, 11) is 0. The molecular formula is C12H18N4. The second-order valence-electron chi connectivity index (χ2n) is 4.24. The van der Waals surface area contributed by atoms with Gasteiger partial charge in [0.2, 0.25) is 0 Å². The standard InChI is InChI=1S/C12H18N4/c1-9(2)4-3-5-15-12-11(14)6-10(7-13)8-16-12/h6,8-9H,3-5,14H2,1-2H3,(H,15,16). The molecule has 1 aromatic rings. The molecule has 0 unspecified atom stereocenters. The number of anilines is 2. The number of nitrogens with zero attached hydrogens (tertiary/aromatic N) is 2. The summed E-state index contributed by atoms with van der Waals surface area (Å²) in [6.07, 6.45) is 3.81. The van der Waals surface area contributed by atoms with Crippen LogP contribution in [0.3, 0.4) is 0 Å². The Balaban J connectivity index is 2.46. The third-order valence-corrected chi connectivity index (χ3v) is 2.30. The molecule has 4 nitrogen and oxygen atoms in total. The van der Waals surface area contributed by atoms with Crippen molar-refractivity contribution in [2.45, 2.75) is 26.7 Å². The minimum atomic E-state index is 0.491. The summed E-state index contributed by atoms with van der Waals surface area (Å²) < 4.78 is 0. The topological polar surface area (TPSA) is 74.7 Å². The van der Waals surface area contributed by atoms with Crippen LogP contribution < -0.4 is 11.1 Å². The van der Waals surface area contributed by atoms with Gasteiger partial charge in [0.25, 0.3) is 0 Å². The average molecular weight is 218 g/mol. The van der Waals surface area contributed by atoms with E-state index < -0.39 is 0 Å². The lowest BCUT2D eigenvalue weighted by atomic mass is 10.1. The van der Waals surface area contributed by atoms with E-state index in [1.54, 1.807) is 6.07 Å². The smallest absolute Gasteiger partial charge is 0.149 e. The number of nitrogen functional groups attached to an aromatic ring is 1. The van der Waals surface area contributed by atoms with E-state index in [9.17, 15) is 0 Å². The van der Waals surface area contributed by atoms with E-state index in [1.165, 1.54) is 12.6 Å². The van der Waals surface area contributed by atoms with Crippen molar-refractivity contribution in [1.82, 2.24) is 4.98 Å². The number of hydrogen-bond acceptors (Lipinski definition) is 4. The molecule has 0 radical (unpaired) electrons. The van der Waals surface area contributed by atoms with Crippen molar-refractivity contribution in [3.8, 4) is 6.07 Å². The lowest BCUT2D eigenvalue weighted by Crippen LogP contribution is -2.07. The molecule has 1 rings (SSSR count). The van der Waals surface area contributed by atoms with Crippen LogP contribution in [0.15, 0.2) is 12.3 Å². The van der Waals surface area contributed by atoms with Gasteiger partial charge < -0.3 is 11.1 Å². The Labute approximate surface area is 96.5 Å². The van der Waals surface area contributed by atoms with E-state index in [2.05, 4.69) is 24.1 Å². The molecule has 0 saturated carbocycles. The highest BCUT2D eigenvalue weighted by Gasteiger charge is 2.01. The van der Waals surface area contributed by atoms with E-state index in [0.717, 1.165) is 13.0 Å². The number of aromatic nitrogens is 1. The Morgan fingerprint density at radius 1 is 1.56 bits per heavy atom. The van der Waals surface area contributed by atoms with Crippen LogP contribution in [-0.4, -0.2) is 11.5 Å². The first-order valence-corrected chi connectivity index (χ1v) is 5.53. The van der Waals surface area contributed by atoms with Gasteiger partial charge in [0.15, 0.2) is 0 Å². The minimum Gasteiger partial charge on any atom is -0.396 e. The highest BCUT2D eigenvalue weighted by Crippen LogP contribution is 2.16. The lowest BCUT2D eigenvalue weighted by molar-refractivity contribution is 0.567. The van der Waals surface area contributed by atoms with E-state index in [1.807, 2.05) is 6.07 Å². The maximum absolute atomic E-state index is 8.66. The minimum absolute atomic E-state index is 0.491. The number of hydrogen-bond donors (Lipinski definition) is 2. The van der Waals surface area contributed by atoms with Crippen molar-refractivity contribution in [1.29, 1.82) is 5.26 Å². The quantitative estimate of drug-likeness (QED) is 0.744. The molecule has 0 amide bonds. The molecule has 0 bridgehead atoms. The van der Waals surface area contributed by atoms with Crippen LogP contribution in [0.2, 0.25) is 0 Å². The molecule has 3 N–H and O–H groups in total. The molecule has 0 aromatic carbocycles. The van der Waals surface area contributed by atoms with Crippen molar-refractivity contribution < 1.29 is 0 Å². The highest BCUT2D eigenvalue weighted by atomic mass is 15.0. The summed E-state index contributed by atoms with van der Waals surface area (Å²) in [4.78, 5) is 4.11. The molecule has 0 fully saturated rings. The van der Waals surface area contributed by atoms with Gasteiger partial charge in [-0.3, -0.25) is 0 Å². The third-order valence-electron chi connectivity index (χ3n) is 2.30. The van der Waals surface area contributed by atoms with Crippen LogP contribution in [0.1, 0.15) is 32.3 Å².